The van der Waals surface area contributed by atoms with Gasteiger partial charge in [0.2, 0.25) is 10.0 Å². The number of fused-ring (bicyclic) bond motifs is 3. The first kappa shape index (κ1) is 35.2. The fourth-order valence-corrected chi connectivity index (χ4v) is 8.35. The van der Waals surface area contributed by atoms with Crippen LogP contribution in [0.25, 0.3) is 0 Å². The van der Waals surface area contributed by atoms with Gasteiger partial charge in [-0.15, -0.1) is 0 Å². The minimum atomic E-state index is -4.08. The second kappa shape index (κ2) is 14.2. The number of ether oxygens (including phenoxy) is 1. The maximum atomic E-state index is 13.4. The Balaban J connectivity index is 1.59. The predicted molar refractivity (Wildman–Crippen MR) is 182 cm³/mol. The van der Waals surface area contributed by atoms with E-state index in [1.807, 2.05) is 18.2 Å². The first-order chi connectivity index (χ1) is 22.2. The number of likely N-dealkylation sites (N-methyl/N-ethyl adjacent to an activating group) is 1. The summed E-state index contributed by atoms with van der Waals surface area (Å²) in [5.74, 6) is -1.77. The zero-order valence-corrected chi connectivity index (χ0v) is 29.1. The molecule has 6 atom stereocenters. The van der Waals surface area contributed by atoms with E-state index in [4.69, 9.17) is 16.3 Å². The number of hydrogen-bond acceptors (Lipinski definition) is 8. The van der Waals surface area contributed by atoms with Gasteiger partial charge in [0.05, 0.1) is 10.9 Å². The van der Waals surface area contributed by atoms with Crippen molar-refractivity contribution in [2.24, 2.45) is 17.8 Å². The first-order valence-electron chi connectivity index (χ1n) is 16.4. The molecule has 1 fully saturated rings. The zero-order valence-electron chi connectivity index (χ0n) is 27.5. The van der Waals surface area contributed by atoms with Crippen LogP contribution in [-0.2, 0) is 27.8 Å². The van der Waals surface area contributed by atoms with Crippen LogP contribution in [0.4, 0.5) is 5.69 Å². The van der Waals surface area contributed by atoms with Crippen molar-refractivity contribution in [3.63, 3.8) is 0 Å². The van der Waals surface area contributed by atoms with E-state index in [0.29, 0.717) is 36.0 Å². The molecule has 0 aromatic heterocycles. The van der Waals surface area contributed by atoms with Crippen molar-refractivity contribution < 1.29 is 33.0 Å². The van der Waals surface area contributed by atoms with E-state index in [2.05, 4.69) is 9.62 Å². The Labute approximate surface area is 282 Å². The third-order valence-corrected chi connectivity index (χ3v) is 12.4. The van der Waals surface area contributed by atoms with Crippen molar-refractivity contribution in [3.05, 3.63) is 70.3 Å². The average Bonchev–Trinajstić information content (AvgIpc) is 3.04. The van der Waals surface area contributed by atoms with Crippen molar-refractivity contribution in [2.75, 3.05) is 32.1 Å². The van der Waals surface area contributed by atoms with Crippen LogP contribution in [0.5, 0.6) is 5.75 Å². The quantitative estimate of drug-likeness (QED) is 0.398. The average molecular weight is 688 g/mol. The van der Waals surface area contributed by atoms with Gasteiger partial charge in [0.1, 0.15) is 18.0 Å². The highest BCUT2D eigenvalue weighted by molar-refractivity contribution is 7.90. The summed E-state index contributed by atoms with van der Waals surface area (Å²) in [4.78, 5) is 29.8. The Hall–Kier alpha value is -3.12. The van der Waals surface area contributed by atoms with Gasteiger partial charge >= 0.3 is 0 Å². The molecular weight excluding hydrogens is 642 g/mol. The van der Waals surface area contributed by atoms with Gasteiger partial charge in [-0.2, -0.15) is 0 Å². The molecule has 1 aliphatic carbocycles. The zero-order chi connectivity index (χ0) is 34.1. The normalized spacial score (nSPS) is 29.3. The number of aliphatic hydroxyl groups is 2. The number of allylic oxidation sites excluding steroid dienone is 1. The third kappa shape index (κ3) is 7.48. The number of nitrogens with zero attached hydrogens (tertiary/aromatic N) is 2. The summed E-state index contributed by atoms with van der Waals surface area (Å²) in [6, 6.07) is 10.7. The smallest absolute Gasteiger partial charge is 0.264 e. The number of anilines is 1. The van der Waals surface area contributed by atoms with E-state index < -0.39 is 50.6 Å². The van der Waals surface area contributed by atoms with Crippen molar-refractivity contribution in [1.29, 1.82) is 0 Å². The van der Waals surface area contributed by atoms with E-state index in [1.54, 1.807) is 31.2 Å². The molecule has 0 spiro atoms. The lowest BCUT2D eigenvalue weighted by molar-refractivity contribution is -0.163. The maximum Gasteiger partial charge on any atom is 0.264 e. The third-order valence-electron chi connectivity index (χ3n) is 10.2. The lowest BCUT2D eigenvalue weighted by Crippen LogP contribution is -2.59. The van der Waals surface area contributed by atoms with Crippen LogP contribution < -0.4 is 14.4 Å². The summed E-state index contributed by atoms with van der Waals surface area (Å²) in [5, 5.41) is 23.2. The van der Waals surface area contributed by atoms with Gasteiger partial charge in [-0.3, -0.25) is 9.59 Å². The second-order valence-corrected chi connectivity index (χ2v) is 16.0. The molecule has 3 N–H and O–H groups in total. The Morgan fingerprint density at radius 3 is 2.60 bits per heavy atom. The summed E-state index contributed by atoms with van der Waals surface area (Å²) in [6.07, 6.45) is 5.52. The number of aliphatic hydroxyl groups excluding tert-OH is 1. The summed E-state index contributed by atoms with van der Waals surface area (Å²) in [5.41, 5.74) is 1.07. The van der Waals surface area contributed by atoms with Crippen LogP contribution in [0.2, 0.25) is 5.02 Å². The van der Waals surface area contributed by atoms with Crippen molar-refractivity contribution in [3.8, 4) is 5.75 Å². The minimum Gasteiger partial charge on any atom is -0.487 e. The number of sulfonamides is 1. The molecule has 2 amide bonds. The number of carbonyl (C=O) groups excluding carboxylic acids is 2. The largest absolute Gasteiger partial charge is 0.487 e. The van der Waals surface area contributed by atoms with Gasteiger partial charge in [-0.1, -0.05) is 36.7 Å². The molecule has 0 saturated heterocycles. The van der Waals surface area contributed by atoms with E-state index in [9.17, 15) is 28.2 Å². The van der Waals surface area contributed by atoms with Crippen molar-refractivity contribution in [2.45, 2.75) is 75.9 Å². The molecular formula is C35H46ClN3O7S. The molecule has 0 unspecified atom stereocenters. The molecule has 2 aromatic rings. The van der Waals surface area contributed by atoms with E-state index in [-0.39, 0.29) is 24.5 Å². The summed E-state index contributed by atoms with van der Waals surface area (Å²) in [7, 11) is -1.01. The second-order valence-electron chi connectivity index (χ2n) is 13.6. The lowest BCUT2D eigenvalue weighted by Gasteiger charge is -2.49. The molecule has 1 saturated carbocycles. The van der Waals surface area contributed by atoms with Crippen LogP contribution >= 0.6 is 11.6 Å². The number of hydrogen-bond donors (Lipinski definition) is 3. The van der Waals surface area contributed by atoms with Crippen molar-refractivity contribution in [1.82, 2.24) is 9.62 Å². The first-order valence-corrected chi connectivity index (χ1v) is 18.3. The Kier molecular flexibility index (Phi) is 10.6. The summed E-state index contributed by atoms with van der Waals surface area (Å²) < 4.78 is 35.3. The number of carbonyl (C=O) groups is 2. The highest BCUT2D eigenvalue weighted by Gasteiger charge is 2.52. The molecule has 0 radical (unpaired) electrons. The monoisotopic (exact) mass is 687 g/mol. The topological polar surface area (TPSA) is 136 Å². The minimum absolute atomic E-state index is 0.0923. The Bertz CT molecular complexity index is 1630. The van der Waals surface area contributed by atoms with Gasteiger partial charge in [0.15, 0.2) is 6.10 Å². The molecule has 2 aromatic carbocycles. The van der Waals surface area contributed by atoms with E-state index in [1.165, 1.54) is 32.0 Å². The van der Waals surface area contributed by atoms with Crippen LogP contribution in [-0.4, -0.2) is 79.5 Å². The van der Waals surface area contributed by atoms with Crippen LogP contribution in [0.15, 0.2) is 48.6 Å². The number of aryl methyl sites for hydroxylation is 1. The molecule has 2 heterocycles. The molecule has 5 rings (SSSR count). The standard InChI is InChI=1S/C35H46ClN3O7S/c1-22-8-7-16-35(43,32(40)34(42)38(3)4)29-14-11-26(29)20-39-17-6-5-9-24-18-28(36)13-10-27(24)21-46-31-15-12-25(19-30(31)39)33(41)37-47(44,45)23(22)2/h7,10,12-13,15-16,18-19,22-23,26,29,32,40,43H,5-6,8-9,11,14,17,20-21H2,1-4H3,(H,37,41)/b16-7+/t22-,23+,26-,29+,32+,35-/m0/s1. The number of nitrogens with one attached hydrogen (secondary N) is 1. The molecule has 47 heavy (non-hydrogen) atoms. The van der Waals surface area contributed by atoms with Gasteiger partial charge in [-0.05, 0) is 105 Å². The Morgan fingerprint density at radius 2 is 1.89 bits per heavy atom. The molecule has 12 heteroatoms. The van der Waals surface area contributed by atoms with Gasteiger partial charge in [-0.25, -0.2) is 13.1 Å². The highest BCUT2D eigenvalue weighted by Crippen LogP contribution is 2.46. The van der Waals surface area contributed by atoms with E-state index >= 15 is 0 Å². The van der Waals surface area contributed by atoms with Gasteiger partial charge in [0, 0.05) is 37.8 Å². The molecule has 10 nitrogen and oxygen atoms in total. The van der Waals surface area contributed by atoms with Crippen LogP contribution in [0.1, 0.15) is 67.4 Å². The number of rotatable bonds is 2. The van der Waals surface area contributed by atoms with Crippen LogP contribution in [0.3, 0.4) is 0 Å². The number of amides is 2. The van der Waals surface area contributed by atoms with E-state index in [0.717, 1.165) is 36.8 Å². The summed E-state index contributed by atoms with van der Waals surface area (Å²) in [6.45, 7) is 4.62. The Morgan fingerprint density at radius 1 is 1.13 bits per heavy atom. The van der Waals surface area contributed by atoms with Crippen LogP contribution in [0, 0.1) is 17.8 Å². The van der Waals surface area contributed by atoms with Gasteiger partial charge < -0.3 is 24.7 Å². The molecule has 3 aliphatic rings. The maximum absolute atomic E-state index is 13.4. The highest BCUT2D eigenvalue weighted by atomic mass is 35.5. The predicted octanol–water partition coefficient (Wildman–Crippen LogP) is 4.31. The number of halogens is 1. The SMILES string of the molecule is C[C@@H]1[C@@H](C)C/C=C/[C@@](O)([C@H](O)C(=O)N(C)C)[C@@H]2CC[C@H]2CN2CCCCc3cc(Cl)ccc3COc3ccc(cc32)C(=O)NS1(=O)=O. The number of benzene rings is 2. The fraction of sp³-hybridized carbons (Fsp3) is 0.543. The summed E-state index contributed by atoms with van der Waals surface area (Å²) >= 11 is 6.32. The molecule has 256 valence electrons. The molecule has 2 aliphatic heterocycles. The van der Waals surface area contributed by atoms with Gasteiger partial charge in [0.25, 0.3) is 11.8 Å². The van der Waals surface area contributed by atoms with Crippen molar-refractivity contribution >= 4 is 39.1 Å². The lowest BCUT2D eigenvalue weighted by atomic mass is 9.62. The molecule has 2 bridgehead atoms. The fourth-order valence-electron chi connectivity index (χ4n) is 6.87.